The number of aryl methyl sites for hydroxylation is 1. The van der Waals surface area contributed by atoms with Crippen molar-refractivity contribution in [3.8, 4) is 0 Å². The zero-order valence-electron chi connectivity index (χ0n) is 11.2. The fraction of sp³-hybridized carbons (Fsp3) is 0.571. The molecule has 2 N–H and O–H groups in total. The number of carboxylic acids is 1. The Labute approximate surface area is 112 Å². The average Bonchev–Trinajstić information content (AvgIpc) is 2.75. The van der Waals surface area contributed by atoms with Crippen LogP contribution in [0.15, 0.2) is 16.5 Å². The summed E-state index contributed by atoms with van der Waals surface area (Å²) in [4.78, 5) is 23.4. The highest BCUT2D eigenvalue weighted by atomic mass is 16.4. The van der Waals surface area contributed by atoms with E-state index < -0.39 is 17.4 Å². The molecule has 0 spiro atoms. The Balaban J connectivity index is 2.15. The Morgan fingerprint density at radius 2 is 2.16 bits per heavy atom. The van der Waals surface area contributed by atoms with Crippen LogP contribution in [0, 0.1) is 12.8 Å². The first-order valence-corrected chi connectivity index (χ1v) is 6.54. The van der Waals surface area contributed by atoms with Gasteiger partial charge in [0.25, 0.3) is 5.91 Å². The van der Waals surface area contributed by atoms with Gasteiger partial charge in [0, 0.05) is 0 Å². The molecule has 19 heavy (non-hydrogen) atoms. The molecule has 1 heterocycles. The van der Waals surface area contributed by atoms with Gasteiger partial charge in [-0.25, -0.2) is 0 Å². The van der Waals surface area contributed by atoms with Gasteiger partial charge in [0.15, 0.2) is 5.76 Å². The number of amides is 1. The monoisotopic (exact) mass is 265 g/mol. The molecule has 0 bridgehead atoms. The first-order valence-electron chi connectivity index (χ1n) is 6.54. The summed E-state index contributed by atoms with van der Waals surface area (Å²) in [6.45, 7) is 3.57. The summed E-state index contributed by atoms with van der Waals surface area (Å²) in [7, 11) is 0. The number of nitrogens with one attached hydrogen (secondary N) is 1. The average molecular weight is 265 g/mol. The third-order valence-corrected chi connectivity index (χ3v) is 3.87. The summed E-state index contributed by atoms with van der Waals surface area (Å²) in [6.07, 6.45) is 3.10. The van der Waals surface area contributed by atoms with E-state index in [1.54, 1.807) is 26.0 Å². The van der Waals surface area contributed by atoms with Crippen LogP contribution in [0.5, 0.6) is 0 Å². The number of aliphatic carboxylic acids is 1. The topological polar surface area (TPSA) is 79.5 Å². The van der Waals surface area contributed by atoms with Gasteiger partial charge < -0.3 is 14.8 Å². The summed E-state index contributed by atoms with van der Waals surface area (Å²) in [5.41, 5.74) is -0.706. The van der Waals surface area contributed by atoms with Crippen LogP contribution in [-0.4, -0.2) is 22.5 Å². The molecule has 1 aliphatic carbocycles. The van der Waals surface area contributed by atoms with Crippen molar-refractivity contribution in [1.29, 1.82) is 0 Å². The number of rotatable bonds is 3. The second kappa shape index (κ2) is 5.07. The lowest BCUT2D eigenvalue weighted by molar-refractivity contribution is -0.145. The van der Waals surface area contributed by atoms with E-state index in [-0.39, 0.29) is 11.7 Å². The minimum Gasteiger partial charge on any atom is -0.481 e. The van der Waals surface area contributed by atoms with Crippen molar-refractivity contribution in [2.45, 2.75) is 45.1 Å². The predicted octanol–water partition coefficient (Wildman–Crippen LogP) is 2.35. The summed E-state index contributed by atoms with van der Waals surface area (Å²) in [5.74, 6) is -0.842. The summed E-state index contributed by atoms with van der Waals surface area (Å²) < 4.78 is 5.27. The summed E-state index contributed by atoms with van der Waals surface area (Å²) >= 11 is 0. The first kappa shape index (κ1) is 13.6. The maximum Gasteiger partial charge on any atom is 0.308 e. The molecular weight excluding hydrogens is 246 g/mol. The minimum atomic E-state index is -0.849. The highest BCUT2D eigenvalue weighted by Gasteiger charge is 2.42. The molecule has 1 aromatic heterocycles. The lowest BCUT2D eigenvalue weighted by Gasteiger charge is -2.39. The van der Waals surface area contributed by atoms with E-state index in [2.05, 4.69) is 5.32 Å². The molecule has 104 valence electrons. The number of hydrogen-bond acceptors (Lipinski definition) is 3. The van der Waals surface area contributed by atoms with Crippen molar-refractivity contribution in [2.75, 3.05) is 0 Å². The van der Waals surface area contributed by atoms with Crippen LogP contribution in [0.1, 0.15) is 48.9 Å². The minimum absolute atomic E-state index is 0.230. The van der Waals surface area contributed by atoms with Crippen LogP contribution in [0.4, 0.5) is 0 Å². The zero-order valence-corrected chi connectivity index (χ0v) is 11.2. The standard InChI is InChI=1S/C14H19NO4/c1-9-6-7-11(19-9)12(16)15-14(2)8-4-3-5-10(14)13(17)18/h6-7,10H,3-5,8H2,1-2H3,(H,15,16)(H,17,18). The highest BCUT2D eigenvalue weighted by molar-refractivity contribution is 5.92. The fourth-order valence-corrected chi connectivity index (χ4v) is 2.76. The van der Waals surface area contributed by atoms with E-state index >= 15 is 0 Å². The molecule has 1 fully saturated rings. The molecule has 2 rings (SSSR count). The molecule has 5 heteroatoms. The van der Waals surface area contributed by atoms with E-state index in [4.69, 9.17) is 4.42 Å². The Bertz CT molecular complexity index is 493. The van der Waals surface area contributed by atoms with Crippen molar-refractivity contribution < 1.29 is 19.1 Å². The second-order valence-corrected chi connectivity index (χ2v) is 5.42. The van der Waals surface area contributed by atoms with Gasteiger partial charge in [0.1, 0.15) is 5.76 Å². The van der Waals surface area contributed by atoms with Crippen LogP contribution >= 0.6 is 0 Å². The first-order chi connectivity index (χ1) is 8.92. The molecule has 2 atom stereocenters. The van der Waals surface area contributed by atoms with Crippen LogP contribution in [0.2, 0.25) is 0 Å². The summed E-state index contributed by atoms with van der Waals surface area (Å²) in [5, 5.41) is 12.1. The molecule has 0 radical (unpaired) electrons. The van der Waals surface area contributed by atoms with E-state index in [1.165, 1.54) is 0 Å². The third kappa shape index (κ3) is 2.80. The Morgan fingerprint density at radius 1 is 1.42 bits per heavy atom. The van der Waals surface area contributed by atoms with Crippen molar-refractivity contribution in [3.05, 3.63) is 23.7 Å². The zero-order chi connectivity index (χ0) is 14.0. The van der Waals surface area contributed by atoms with Crippen LogP contribution in [-0.2, 0) is 4.79 Å². The maximum absolute atomic E-state index is 12.1. The van der Waals surface area contributed by atoms with Gasteiger partial charge in [-0.3, -0.25) is 9.59 Å². The normalized spacial score (nSPS) is 26.9. The molecule has 1 saturated carbocycles. The number of furan rings is 1. The van der Waals surface area contributed by atoms with Gasteiger partial charge in [-0.15, -0.1) is 0 Å². The highest BCUT2D eigenvalue weighted by Crippen LogP contribution is 2.34. The second-order valence-electron chi connectivity index (χ2n) is 5.42. The van der Waals surface area contributed by atoms with Gasteiger partial charge in [-0.2, -0.15) is 0 Å². The molecule has 5 nitrogen and oxygen atoms in total. The molecule has 0 aliphatic heterocycles. The van der Waals surface area contributed by atoms with Crippen LogP contribution in [0.25, 0.3) is 0 Å². The SMILES string of the molecule is Cc1ccc(C(=O)NC2(C)CCCCC2C(=O)O)o1. The molecule has 2 unspecified atom stereocenters. The van der Waals surface area contributed by atoms with Crippen LogP contribution < -0.4 is 5.32 Å². The largest absolute Gasteiger partial charge is 0.481 e. The fourth-order valence-electron chi connectivity index (χ4n) is 2.76. The molecule has 0 saturated heterocycles. The molecule has 1 amide bonds. The van der Waals surface area contributed by atoms with Gasteiger partial charge >= 0.3 is 5.97 Å². The molecule has 1 aliphatic rings. The lowest BCUT2D eigenvalue weighted by Crippen LogP contribution is -2.55. The van der Waals surface area contributed by atoms with Crippen molar-refractivity contribution in [2.24, 2.45) is 5.92 Å². The van der Waals surface area contributed by atoms with Crippen molar-refractivity contribution >= 4 is 11.9 Å². The van der Waals surface area contributed by atoms with Gasteiger partial charge in [0.05, 0.1) is 11.5 Å². The quantitative estimate of drug-likeness (QED) is 0.879. The van der Waals surface area contributed by atoms with Gasteiger partial charge in [-0.1, -0.05) is 12.8 Å². The maximum atomic E-state index is 12.1. The van der Waals surface area contributed by atoms with E-state index in [1.807, 2.05) is 0 Å². The third-order valence-electron chi connectivity index (χ3n) is 3.87. The smallest absolute Gasteiger partial charge is 0.308 e. The molecule has 1 aromatic rings. The molecular formula is C14H19NO4. The lowest BCUT2D eigenvalue weighted by atomic mass is 9.74. The van der Waals surface area contributed by atoms with Crippen LogP contribution in [0.3, 0.4) is 0 Å². The van der Waals surface area contributed by atoms with Gasteiger partial charge in [-0.05, 0) is 38.8 Å². The number of carboxylic acid groups (broad SMARTS) is 1. The van der Waals surface area contributed by atoms with Crippen molar-refractivity contribution in [3.63, 3.8) is 0 Å². The summed E-state index contributed by atoms with van der Waals surface area (Å²) in [6, 6.07) is 3.32. The Kier molecular flexibility index (Phi) is 3.64. The van der Waals surface area contributed by atoms with Gasteiger partial charge in [0.2, 0.25) is 0 Å². The van der Waals surface area contributed by atoms with E-state index in [0.29, 0.717) is 18.6 Å². The van der Waals surface area contributed by atoms with Crippen molar-refractivity contribution in [1.82, 2.24) is 5.32 Å². The number of carbonyl (C=O) groups excluding carboxylic acids is 1. The predicted molar refractivity (Wildman–Crippen MR) is 68.9 cm³/mol. The van der Waals surface area contributed by atoms with E-state index in [9.17, 15) is 14.7 Å². The van der Waals surface area contributed by atoms with E-state index in [0.717, 1.165) is 12.8 Å². The Hall–Kier alpha value is -1.78. The molecule has 0 aromatic carbocycles. The Morgan fingerprint density at radius 3 is 2.74 bits per heavy atom. The number of hydrogen-bond donors (Lipinski definition) is 2. The number of carbonyl (C=O) groups is 2.